The summed E-state index contributed by atoms with van der Waals surface area (Å²) in [6.45, 7) is 3.44. The number of halogens is 2. The Morgan fingerprint density at radius 2 is 1.94 bits per heavy atom. The van der Waals surface area contributed by atoms with Crippen LogP contribution in [0.1, 0.15) is 39.5 Å². The minimum Gasteiger partial charge on any atom is -0.464 e. The minimum atomic E-state index is -2.65. The van der Waals surface area contributed by atoms with E-state index in [1.165, 1.54) is 6.92 Å². The molecule has 0 radical (unpaired) electrons. The van der Waals surface area contributed by atoms with Crippen LogP contribution in [0.4, 0.5) is 8.78 Å². The van der Waals surface area contributed by atoms with Crippen LogP contribution >= 0.6 is 0 Å². The van der Waals surface area contributed by atoms with E-state index in [9.17, 15) is 18.4 Å². The number of carbonyl (C=O) groups excluding carboxylic acids is 2. The molecule has 0 aromatic heterocycles. The van der Waals surface area contributed by atoms with E-state index in [1.807, 2.05) is 0 Å². The van der Waals surface area contributed by atoms with Crippen LogP contribution in [-0.2, 0) is 14.3 Å². The summed E-state index contributed by atoms with van der Waals surface area (Å²) in [6.07, 6.45) is -0.208. The van der Waals surface area contributed by atoms with Gasteiger partial charge in [-0.2, -0.15) is 0 Å². The number of hydrogen-bond acceptors (Lipinski definition) is 3. The Morgan fingerprint density at radius 3 is 2.44 bits per heavy atom. The Balaban J connectivity index is 2.40. The Morgan fingerprint density at radius 1 is 1.39 bits per heavy atom. The third kappa shape index (κ3) is 4.23. The first-order chi connectivity index (χ1) is 8.35. The van der Waals surface area contributed by atoms with Crippen molar-refractivity contribution in [2.45, 2.75) is 51.5 Å². The lowest BCUT2D eigenvalue weighted by atomic mass is 9.86. The van der Waals surface area contributed by atoms with Gasteiger partial charge in [-0.25, -0.2) is 13.6 Å². The zero-order chi connectivity index (χ0) is 13.8. The third-order valence-electron chi connectivity index (χ3n) is 3.09. The molecule has 0 bridgehead atoms. The summed E-state index contributed by atoms with van der Waals surface area (Å²) in [5, 5.41) is 2.50. The van der Waals surface area contributed by atoms with Crippen LogP contribution in [0.3, 0.4) is 0 Å². The lowest BCUT2D eigenvalue weighted by molar-refractivity contribution is -0.147. The molecular weight excluding hydrogens is 244 g/mol. The number of carbonyl (C=O) groups is 2. The number of rotatable bonds is 4. The van der Waals surface area contributed by atoms with E-state index in [4.69, 9.17) is 4.74 Å². The number of esters is 1. The molecule has 1 unspecified atom stereocenters. The zero-order valence-electron chi connectivity index (χ0n) is 10.7. The van der Waals surface area contributed by atoms with E-state index in [1.54, 1.807) is 6.92 Å². The van der Waals surface area contributed by atoms with E-state index in [-0.39, 0.29) is 38.2 Å². The molecule has 4 nitrogen and oxygen atoms in total. The molecular formula is C12H19F2NO3. The molecule has 0 aromatic carbocycles. The quantitative estimate of drug-likeness (QED) is 0.788. The summed E-state index contributed by atoms with van der Waals surface area (Å²) in [7, 11) is 0. The predicted octanol–water partition coefficient (Wildman–Crippen LogP) is 1.88. The fourth-order valence-corrected chi connectivity index (χ4v) is 1.96. The zero-order valence-corrected chi connectivity index (χ0v) is 10.7. The van der Waals surface area contributed by atoms with Crippen molar-refractivity contribution in [1.82, 2.24) is 5.32 Å². The second-order valence-electron chi connectivity index (χ2n) is 4.61. The third-order valence-corrected chi connectivity index (χ3v) is 3.09. The van der Waals surface area contributed by atoms with Crippen molar-refractivity contribution >= 4 is 11.9 Å². The highest BCUT2D eigenvalue weighted by atomic mass is 19.3. The van der Waals surface area contributed by atoms with Gasteiger partial charge >= 0.3 is 5.97 Å². The average molecular weight is 263 g/mol. The van der Waals surface area contributed by atoms with Crippen LogP contribution < -0.4 is 5.32 Å². The Hall–Kier alpha value is -1.20. The summed E-state index contributed by atoms with van der Waals surface area (Å²) < 4.78 is 30.6. The van der Waals surface area contributed by atoms with Crippen molar-refractivity contribution in [3.8, 4) is 0 Å². The maximum absolute atomic E-state index is 12.9. The van der Waals surface area contributed by atoms with Gasteiger partial charge in [0, 0.05) is 18.8 Å². The lowest BCUT2D eigenvalue weighted by Gasteiger charge is -2.28. The van der Waals surface area contributed by atoms with Gasteiger partial charge < -0.3 is 10.1 Å². The molecule has 104 valence electrons. The number of hydrogen-bond donors (Lipinski definition) is 1. The molecule has 1 aliphatic rings. The van der Waals surface area contributed by atoms with Crippen LogP contribution in [0.5, 0.6) is 0 Å². The van der Waals surface area contributed by atoms with Crippen molar-refractivity contribution in [1.29, 1.82) is 0 Å². The molecule has 0 aromatic rings. The van der Waals surface area contributed by atoms with Gasteiger partial charge in [-0.1, -0.05) is 0 Å². The number of nitrogens with one attached hydrogen (secondary N) is 1. The molecule has 1 aliphatic carbocycles. The fraction of sp³-hybridized carbons (Fsp3) is 0.833. The van der Waals surface area contributed by atoms with Crippen LogP contribution in [0.25, 0.3) is 0 Å². The maximum Gasteiger partial charge on any atom is 0.328 e. The standard InChI is InChI=1S/C12H19F2NO3/c1-3-18-11(17)8(2)15-10(16)9-4-6-12(13,14)7-5-9/h8-9H,3-7H2,1-2H3,(H,15,16). The predicted molar refractivity (Wildman–Crippen MR) is 61.1 cm³/mol. The van der Waals surface area contributed by atoms with Gasteiger partial charge in [0.25, 0.3) is 0 Å². The number of alkyl halides is 2. The average Bonchev–Trinajstić information content (AvgIpc) is 2.28. The summed E-state index contributed by atoms with van der Waals surface area (Å²) >= 11 is 0. The monoisotopic (exact) mass is 263 g/mol. The normalized spacial score (nSPS) is 21.1. The number of amides is 1. The maximum atomic E-state index is 12.9. The van der Waals surface area contributed by atoms with Crippen molar-refractivity contribution in [3.63, 3.8) is 0 Å². The Kier molecular flexibility index (Phi) is 5.04. The van der Waals surface area contributed by atoms with Crippen molar-refractivity contribution in [2.75, 3.05) is 6.61 Å². The first kappa shape index (κ1) is 14.9. The topological polar surface area (TPSA) is 55.4 Å². The Labute approximate surface area is 105 Å². The molecule has 18 heavy (non-hydrogen) atoms. The Bertz CT molecular complexity index is 310. The van der Waals surface area contributed by atoms with Crippen LogP contribution in [-0.4, -0.2) is 30.4 Å². The van der Waals surface area contributed by atoms with Crippen molar-refractivity contribution in [2.24, 2.45) is 5.92 Å². The van der Waals surface area contributed by atoms with Crippen molar-refractivity contribution < 1.29 is 23.1 Å². The van der Waals surface area contributed by atoms with Gasteiger partial charge in [-0.05, 0) is 26.7 Å². The summed E-state index contributed by atoms with van der Waals surface area (Å²) in [4.78, 5) is 23.1. The van der Waals surface area contributed by atoms with E-state index in [0.717, 1.165) is 0 Å². The molecule has 6 heteroatoms. The molecule has 1 saturated carbocycles. The summed E-state index contributed by atoms with van der Waals surface area (Å²) in [5.41, 5.74) is 0. The molecule has 0 aliphatic heterocycles. The number of ether oxygens (including phenoxy) is 1. The largest absolute Gasteiger partial charge is 0.464 e. The van der Waals surface area contributed by atoms with Gasteiger partial charge in [0.15, 0.2) is 0 Å². The molecule has 1 amide bonds. The first-order valence-corrected chi connectivity index (χ1v) is 6.20. The molecule has 1 rings (SSSR count). The van der Waals surface area contributed by atoms with Crippen LogP contribution in [0, 0.1) is 5.92 Å². The highest BCUT2D eigenvalue weighted by Crippen LogP contribution is 2.36. The SMILES string of the molecule is CCOC(=O)C(C)NC(=O)C1CCC(F)(F)CC1. The molecule has 0 heterocycles. The van der Waals surface area contributed by atoms with Crippen molar-refractivity contribution in [3.05, 3.63) is 0 Å². The van der Waals surface area contributed by atoms with Crippen LogP contribution in [0.15, 0.2) is 0 Å². The molecule has 0 spiro atoms. The van der Waals surface area contributed by atoms with E-state index in [0.29, 0.717) is 0 Å². The highest BCUT2D eigenvalue weighted by Gasteiger charge is 2.37. The second kappa shape index (κ2) is 6.11. The van der Waals surface area contributed by atoms with E-state index >= 15 is 0 Å². The van der Waals surface area contributed by atoms with E-state index in [2.05, 4.69) is 5.32 Å². The fourth-order valence-electron chi connectivity index (χ4n) is 1.96. The van der Waals surface area contributed by atoms with E-state index < -0.39 is 23.9 Å². The van der Waals surface area contributed by atoms with Crippen LogP contribution in [0.2, 0.25) is 0 Å². The smallest absolute Gasteiger partial charge is 0.328 e. The van der Waals surface area contributed by atoms with Gasteiger partial charge in [0.1, 0.15) is 6.04 Å². The molecule has 1 fully saturated rings. The first-order valence-electron chi connectivity index (χ1n) is 6.20. The lowest BCUT2D eigenvalue weighted by Crippen LogP contribution is -2.44. The second-order valence-corrected chi connectivity index (χ2v) is 4.61. The van der Waals surface area contributed by atoms with Gasteiger partial charge in [0.05, 0.1) is 6.61 Å². The molecule has 0 saturated heterocycles. The minimum absolute atomic E-state index is 0.161. The molecule has 1 atom stereocenters. The molecule has 1 N–H and O–H groups in total. The highest BCUT2D eigenvalue weighted by molar-refractivity contribution is 5.85. The van der Waals surface area contributed by atoms with Gasteiger partial charge in [-0.3, -0.25) is 4.79 Å². The summed E-state index contributed by atoms with van der Waals surface area (Å²) in [5.74, 6) is -3.93. The summed E-state index contributed by atoms with van der Waals surface area (Å²) in [6, 6.07) is -0.736. The van der Waals surface area contributed by atoms with Gasteiger partial charge in [0.2, 0.25) is 11.8 Å². The van der Waals surface area contributed by atoms with Gasteiger partial charge in [-0.15, -0.1) is 0 Å².